The zero-order chi connectivity index (χ0) is 16.2. The molecule has 1 N–H and O–H groups in total. The van der Waals surface area contributed by atoms with Crippen LogP contribution in [0.3, 0.4) is 0 Å². The molecule has 1 amide bonds. The Morgan fingerprint density at radius 2 is 2.04 bits per heavy atom. The minimum atomic E-state index is -0.306. The largest absolute Gasteiger partial charge is 0.454 e. The molecule has 6 heteroatoms. The summed E-state index contributed by atoms with van der Waals surface area (Å²) in [5, 5.41) is 3.15. The molecule has 0 bridgehead atoms. The predicted molar refractivity (Wildman–Crippen MR) is 84.9 cm³/mol. The number of hydrogen-bond donors (Lipinski definition) is 1. The third-order valence-corrected chi connectivity index (χ3v) is 3.54. The van der Waals surface area contributed by atoms with Crippen molar-refractivity contribution in [2.24, 2.45) is 0 Å². The van der Waals surface area contributed by atoms with Crippen LogP contribution < -0.4 is 14.8 Å². The van der Waals surface area contributed by atoms with Gasteiger partial charge >= 0.3 is 0 Å². The van der Waals surface area contributed by atoms with Gasteiger partial charge < -0.3 is 14.8 Å². The van der Waals surface area contributed by atoms with Crippen molar-refractivity contribution in [3.8, 4) is 11.5 Å². The van der Waals surface area contributed by atoms with Crippen LogP contribution in [0.4, 0.5) is 4.39 Å². The van der Waals surface area contributed by atoms with E-state index in [1.165, 1.54) is 18.2 Å². The van der Waals surface area contributed by atoms with E-state index in [9.17, 15) is 9.18 Å². The van der Waals surface area contributed by atoms with Crippen molar-refractivity contribution in [3.05, 3.63) is 64.4 Å². The summed E-state index contributed by atoms with van der Waals surface area (Å²) in [6, 6.07) is 9.39. The van der Waals surface area contributed by atoms with Crippen molar-refractivity contribution < 1.29 is 18.7 Å². The van der Waals surface area contributed by atoms with Crippen LogP contribution in [0.2, 0.25) is 5.02 Å². The van der Waals surface area contributed by atoms with E-state index >= 15 is 0 Å². The average molecular weight is 334 g/mol. The predicted octanol–water partition coefficient (Wildman–Crippen LogP) is 3.54. The molecule has 2 aromatic rings. The second-order valence-corrected chi connectivity index (χ2v) is 5.32. The summed E-state index contributed by atoms with van der Waals surface area (Å²) in [4.78, 5) is 11.8. The van der Waals surface area contributed by atoms with Crippen LogP contribution in [0.1, 0.15) is 11.1 Å². The van der Waals surface area contributed by atoms with Gasteiger partial charge in [0.1, 0.15) is 5.82 Å². The van der Waals surface area contributed by atoms with E-state index in [0.29, 0.717) is 23.1 Å². The molecule has 1 aliphatic rings. The van der Waals surface area contributed by atoms with Crippen LogP contribution in [-0.4, -0.2) is 12.7 Å². The first-order valence-electron chi connectivity index (χ1n) is 6.91. The van der Waals surface area contributed by atoms with Crippen molar-refractivity contribution in [1.29, 1.82) is 0 Å². The van der Waals surface area contributed by atoms with Gasteiger partial charge in [0.05, 0.1) is 5.02 Å². The molecule has 0 aromatic heterocycles. The van der Waals surface area contributed by atoms with Gasteiger partial charge in [0.15, 0.2) is 11.5 Å². The highest BCUT2D eigenvalue weighted by Crippen LogP contribution is 2.39. The number of rotatable bonds is 4. The summed E-state index contributed by atoms with van der Waals surface area (Å²) in [5.74, 6) is 0.510. The van der Waals surface area contributed by atoms with Crippen LogP contribution in [0.25, 0.3) is 6.08 Å². The maximum Gasteiger partial charge on any atom is 0.244 e. The number of ether oxygens (including phenoxy) is 2. The number of fused-ring (bicyclic) bond motifs is 1. The number of carbonyl (C=O) groups is 1. The standard InChI is InChI=1S/C17H13ClFNO3/c18-14-7-12(8-15-17(14)23-10-22-15)3-6-16(21)20-9-11-1-4-13(19)5-2-11/h1-8H,9-10H2,(H,20,21)/b6-3+. The molecule has 2 aromatic carbocycles. The van der Waals surface area contributed by atoms with Crippen molar-refractivity contribution in [1.82, 2.24) is 5.32 Å². The van der Waals surface area contributed by atoms with Crippen molar-refractivity contribution in [2.45, 2.75) is 6.54 Å². The van der Waals surface area contributed by atoms with Crippen molar-refractivity contribution in [2.75, 3.05) is 6.79 Å². The molecule has 0 atom stereocenters. The van der Waals surface area contributed by atoms with E-state index in [1.54, 1.807) is 30.3 Å². The molecular weight excluding hydrogens is 321 g/mol. The Morgan fingerprint density at radius 1 is 1.26 bits per heavy atom. The highest BCUT2D eigenvalue weighted by molar-refractivity contribution is 6.32. The number of benzene rings is 2. The monoisotopic (exact) mass is 333 g/mol. The second kappa shape index (κ2) is 6.71. The molecule has 0 unspecified atom stereocenters. The Labute approximate surface area is 137 Å². The zero-order valence-electron chi connectivity index (χ0n) is 12.0. The highest BCUT2D eigenvalue weighted by atomic mass is 35.5. The van der Waals surface area contributed by atoms with E-state index in [-0.39, 0.29) is 18.5 Å². The van der Waals surface area contributed by atoms with Gasteiger partial charge in [-0.05, 0) is 41.5 Å². The maximum absolute atomic E-state index is 12.8. The van der Waals surface area contributed by atoms with E-state index < -0.39 is 0 Å². The molecule has 0 saturated carbocycles. The fourth-order valence-corrected chi connectivity index (χ4v) is 2.38. The van der Waals surface area contributed by atoms with Gasteiger partial charge in [-0.2, -0.15) is 0 Å². The minimum Gasteiger partial charge on any atom is -0.454 e. The molecule has 0 radical (unpaired) electrons. The lowest BCUT2D eigenvalue weighted by molar-refractivity contribution is -0.116. The van der Waals surface area contributed by atoms with E-state index in [2.05, 4.69) is 5.32 Å². The third-order valence-electron chi connectivity index (χ3n) is 3.26. The third kappa shape index (κ3) is 3.81. The molecule has 4 nitrogen and oxygen atoms in total. The number of nitrogens with one attached hydrogen (secondary N) is 1. The Bertz CT molecular complexity index is 759. The summed E-state index contributed by atoms with van der Waals surface area (Å²) in [6.07, 6.45) is 3.03. The first-order chi connectivity index (χ1) is 11.1. The SMILES string of the molecule is O=C(/C=C/c1cc(Cl)c2c(c1)OCO2)NCc1ccc(F)cc1. The van der Waals surface area contributed by atoms with Crippen LogP contribution in [0.15, 0.2) is 42.5 Å². The molecule has 0 fully saturated rings. The fraction of sp³-hybridized carbons (Fsp3) is 0.118. The smallest absolute Gasteiger partial charge is 0.244 e. The summed E-state index contributed by atoms with van der Waals surface area (Å²) in [5.41, 5.74) is 1.55. The van der Waals surface area contributed by atoms with Gasteiger partial charge in [-0.25, -0.2) is 4.39 Å². The molecule has 3 rings (SSSR count). The Kier molecular flexibility index (Phi) is 4.48. The van der Waals surface area contributed by atoms with Gasteiger partial charge in [0, 0.05) is 12.6 Å². The fourth-order valence-electron chi connectivity index (χ4n) is 2.11. The van der Waals surface area contributed by atoms with Crippen molar-refractivity contribution in [3.63, 3.8) is 0 Å². The van der Waals surface area contributed by atoms with Gasteiger partial charge in [-0.1, -0.05) is 23.7 Å². The summed E-state index contributed by atoms with van der Waals surface area (Å²) in [6.45, 7) is 0.464. The second-order valence-electron chi connectivity index (χ2n) is 4.91. The Hall–Kier alpha value is -2.53. The number of hydrogen-bond acceptors (Lipinski definition) is 3. The molecular formula is C17H13ClFNO3. The summed E-state index contributed by atoms with van der Waals surface area (Å²) < 4.78 is 23.3. The summed E-state index contributed by atoms with van der Waals surface area (Å²) >= 11 is 6.07. The molecule has 1 aliphatic heterocycles. The average Bonchev–Trinajstić information content (AvgIpc) is 3.01. The topological polar surface area (TPSA) is 47.6 Å². The number of carbonyl (C=O) groups excluding carboxylic acids is 1. The summed E-state index contributed by atoms with van der Waals surface area (Å²) in [7, 11) is 0. The molecule has 0 aliphatic carbocycles. The van der Waals surface area contributed by atoms with E-state index in [4.69, 9.17) is 21.1 Å². The van der Waals surface area contributed by atoms with Gasteiger partial charge in [-0.15, -0.1) is 0 Å². The maximum atomic E-state index is 12.8. The molecule has 23 heavy (non-hydrogen) atoms. The van der Waals surface area contributed by atoms with Crippen LogP contribution in [-0.2, 0) is 11.3 Å². The molecule has 0 saturated heterocycles. The van der Waals surface area contributed by atoms with Crippen molar-refractivity contribution >= 4 is 23.6 Å². The molecule has 1 heterocycles. The first-order valence-corrected chi connectivity index (χ1v) is 7.29. The number of amides is 1. The van der Waals surface area contributed by atoms with Crippen LogP contribution in [0, 0.1) is 5.82 Å². The molecule has 118 valence electrons. The molecule has 0 spiro atoms. The van der Waals surface area contributed by atoms with Gasteiger partial charge in [-0.3, -0.25) is 4.79 Å². The Balaban J connectivity index is 1.60. The minimum absolute atomic E-state index is 0.139. The first kappa shape index (κ1) is 15.4. The van der Waals surface area contributed by atoms with Gasteiger partial charge in [0.25, 0.3) is 0 Å². The van der Waals surface area contributed by atoms with Gasteiger partial charge in [0.2, 0.25) is 12.7 Å². The van der Waals surface area contributed by atoms with E-state index in [1.807, 2.05) is 0 Å². The number of halogens is 2. The quantitative estimate of drug-likeness (QED) is 0.871. The lowest BCUT2D eigenvalue weighted by Gasteiger charge is -2.03. The zero-order valence-corrected chi connectivity index (χ0v) is 12.8. The lowest BCUT2D eigenvalue weighted by atomic mass is 10.2. The lowest BCUT2D eigenvalue weighted by Crippen LogP contribution is -2.20. The Morgan fingerprint density at radius 3 is 2.83 bits per heavy atom. The van der Waals surface area contributed by atoms with Crippen LogP contribution in [0.5, 0.6) is 11.5 Å². The highest BCUT2D eigenvalue weighted by Gasteiger charge is 2.17. The van der Waals surface area contributed by atoms with E-state index in [0.717, 1.165) is 11.1 Å². The normalized spacial score (nSPS) is 12.6. The van der Waals surface area contributed by atoms with Crippen LogP contribution >= 0.6 is 11.6 Å².